The topological polar surface area (TPSA) is 83.5 Å². The summed E-state index contributed by atoms with van der Waals surface area (Å²) < 4.78 is 35.2. The normalized spacial score (nSPS) is 14.6. The summed E-state index contributed by atoms with van der Waals surface area (Å²) in [5.74, 6) is -1.04. The minimum absolute atomic E-state index is 0.0625. The van der Waals surface area contributed by atoms with Crippen LogP contribution in [0.4, 0.5) is 4.39 Å². The number of hydrogen-bond acceptors (Lipinski definition) is 4. The first-order valence-electron chi connectivity index (χ1n) is 5.69. The fraction of sp³-hybridized carbons (Fsp3) is 0.417. The second-order valence-corrected chi connectivity index (χ2v) is 6.56. The Hall–Kier alpha value is -1.18. The predicted octanol–water partition coefficient (Wildman–Crippen LogP) is 0.950. The van der Waals surface area contributed by atoms with Gasteiger partial charge in [-0.25, -0.2) is 8.42 Å². The molecule has 0 fully saturated rings. The van der Waals surface area contributed by atoms with Crippen LogP contribution in [0.1, 0.15) is 12.0 Å². The van der Waals surface area contributed by atoms with Crippen molar-refractivity contribution in [1.82, 2.24) is 5.32 Å². The molecular weight excluding hydrogens is 309 g/mol. The van der Waals surface area contributed by atoms with Gasteiger partial charge in [0.05, 0.1) is 11.6 Å². The number of halogens is 2. The number of amides is 1. The molecule has 1 aromatic carbocycles. The maximum Gasteiger partial charge on any atom is 0.237 e. The molecule has 0 spiro atoms. The van der Waals surface area contributed by atoms with Gasteiger partial charge in [0.15, 0.2) is 15.6 Å². The van der Waals surface area contributed by atoms with Gasteiger partial charge in [0.1, 0.15) is 5.88 Å². The van der Waals surface area contributed by atoms with Crippen molar-refractivity contribution in [3.63, 3.8) is 0 Å². The first-order valence-corrected chi connectivity index (χ1v) is 8.11. The van der Waals surface area contributed by atoms with Crippen LogP contribution in [0.5, 0.6) is 0 Å². The van der Waals surface area contributed by atoms with Gasteiger partial charge < -0.3 is 10.4 Å². The van der Waals surface area contributed by atoms with Crippen molar-refractivity contribution in [2.45, 2.75) is 17.0 Å². The zero-order valence-electron chi connectivity index (χ0n) is 10.8. The molecule has 0 aliphatic carbocycles. The molecule has 0 saturated heterocycles. The van der Waals surface area contributed by atoms with Gasteiger partial charge in [-0.2, -0.15) is 0 Å². The monoisotopic (exact) mass is 323 g/mol. The summed E-state index contributed by atoms with van der Waals surface area (Å²) in [4.78, 5) is 11.3. The van der Waals surface area contributed by atoms with E-state index in [9.17, 15) is 22.7 Å². The molecule has 0 heterocycles. The quantitative estimate of drug-likeness (QED) is 0.603. The van der Waals surface area contributed by atoms with Crippen LogP contribution in [0.3, 0.4) is 0 Å². The Balaban J connectivity index is 3.12. The van der Waals surface area contributed by atoms with Gasteiger partial charge in [-0.3, -0.25) is 9.18 Å². The average Bonchev–Trinajstić information content (AvgIpc) is 2.38. The predicted molar refractivity (Wildman–Crippen MR) is 72.9 cm³/mol. The third kappa shape index (κ3) is 4.16. The van der Waals surface area contributed by atoms with Crippen LogP contribution in [0.15, 0.2) is 29.2 Å². The van der Waals surface area contributed by atoms with Crippen molar-refractivity contribution in [2.75, 3.05) is 18.8 Å². The SMILES string of the molecule is CS(=O)(=O)c1ccc(C(O)(CCF)NC(=O)CCl)cc1. The molecular formula is C12H15ClFNO4S. The first-order chi connectivity index (χ1) is 9.23. The highest BCUT2D eigenvalue weighted by molar-refractivity contribution is 7.90. The summed E-state index contributed by atoms with van der Waals surface area (Å²) >= 11 is 5.33. The lowest BCUT2D eigenvalue weighted by Crippen LogP contribution is -2.46. The van der Waals surface area contributed by atoms with E-state index in [1.807, 2.05) is 0 Å². The molecule has 1 atom stereocenters. The summed E-state index contributed by atoms with van der Waals surface area (Å²) in [7, 11) is -3.37. The van der Waals surface area contributed by atoms with Gasteiger partial charge in [0.2, 0.25) is 5.91 Å². The Morgan fingerprint density at radius 1 is 1.40 bits per heavy atom. The molecule has 5 nitrogen and oxygen atoms in total. The molecule has 1 unspecified atom stereocenters. The minimum atomic E-state index is -3.37. The number of benzene rings is 1. The third-order valence-electron chi connectivity index (χ3n) is 2.68. The van der Waals surface area contributed by atoms with Crippen molar-refractivity contribution in [2.24, 2.45) is 0 Å². The maximum absolute atomic E-state index is 12.6. The minimum Gasteiger partial charge on any atom is -0.367 e. The molecule has 1 rings (SSSR count). The molecule has 0 aliphatic heterocycles. The van der Waals surface area contributed by atoms with Crippen molar-refractivity contribution in [3.8, 4) is 0 Å². The number of carbonyl (C=O) groups is 1. The summed E-state index contributed by atoms with van der Waals surface area (Å²) in [6, 6.07) is 5.20. The number of hydrogen-bond donors (Lipinski definition) is 2. The van der Waals surface area contributed by atoms with Gasteiger partial charge in [0.25, 0.3) is 0 Å². The van der Waals surface area contributed by atoms with E-state index in [1.54, 1.807) is 0 Å². The molecule has 0 aromatic heterocycles. The largest absolute Gasteiger partial charge is 0.367 e. The number of alkyl halides is 2. The fourth-order valence-electron chi connectivity index (χ4n) is 1.66. The molecule has 0 radical (unpaired) electrons. The molecule has 0 saturated carbocycles. The van der Waals surface area contributed by atoms with Crippen LogP contribution in [0, 0.1) is 0 Å². The number of nitrogens with one attached hydrogen (secondary N) is 1. The zero-order chi connectivity index (χ0) is 15.4. The highest BCUT2D eigenvalue weighted by Crippen LogP contribution is 2.24. The standard InChI is InChI=1S/C12H15ClFNO4S/c1-20(18,19)10-4-2-9(3-5-10)12(17,6-7-14)15-11(16)8-13/h2-5,17H,6-8H2,1H3,(H,15,16). The Labute approximate surface area is 121 Å². The second kappa shape index (κ2) is 6.51. The van der Waals surface area contributed by atoms with Crippen LogP contribution in [0.25, 0.3) is 0 Å². The summed E-state index contributed by atoms with van der Waals surface area (Å²) in [5, 5.41) is 12.5. The van der Waals surface area contributed by atoms with E-state index in [-0.39, 0.29) is 22.8 Å². The Kier molecular flexibility index (Phi) is 5.50. The van der Waals surface area contributed by atoms with Crippen LogP contribution in [-0.4, -0.2) is 38.2 Å². The van der Waals surface area contributed by atoms with Gasteiger partial charge in [-0.15, -0.1) is 11.6 Å². The summed E-state index contributed by atoms with van der Waals surface area (Å²) in [6.45, 7) is -0.868. The molecule has 8 heteroatoms. The van der Waals surface area contributed by atoms with Crippen molar-refractivity contribution >= 4 is 27.3 Å². The molecule has 20 heavy (non-hydrogen) atoms. The molecule has 1 aromatic rings. The summed E-state index contributed by atoms with van der Waals surface area (Å²) in [6.07, 6.45) is 0.679. The lowest BCUT2D eigenvalue weighted by Gasteiger charge is -2.28. The van der Waals surface area contributed by atoms with Gasteiger partial charge in [-0.05, 0) is 12.1 Å². The van der Waals surface area contributed by atoms with Crippen LogP contribution in [-0.2, 0) is 20.4 Å². The van der Waals surface area contributed by atoms with E-state index in [4.69, 9.17) is 11.6 Å². The molecule has 1 amide bonds. The van der Waals surface area contributed by atoms with Crippen LogP contribution >= 0.6 is 11.6 Å². The van der Waals surface area contributed by atoms with E-state index in [0.717, 1.165) is 6.26 Å². The Morgan fingerprint density at radius 3 is 2.35 bits per heavy atom. The Morgan fingerprint density at radius 2 is 1.95 bits per heavy atom. The molecule has 0 bridgehead atoms. The highest BCUT2D eigenvalue weighted by atomic mass is 35.5. The van der Waals surface area contributed by atoms with E-state index >= 15 is 0 Å². The highest BCUT2D eigenvalue weighted by Gasteiger charge is 2.30. The third-order valence-corrected chi connectivity index (χ3v) is 4.06. The number of carbonyl (C=O) groups excluding carboxylic acids is 1. The number of aliphatic hydroxyl groups is 1. The molecule has 112 valence electrons. The number of rotatable bonds is 6. The van der Waals surface area contributed by atoms with Gasteiger partial charge in [0, 0.05) is 18.2 Å². The lowest BCUT2D eigenvalue weighted by molar-refractivity contribution is -0.127. The van der Waals surface area contributed by atoms with E-state index in [2.05, 4.69) is 5.32 Å². The van der Waals surface area contributed by atoms with E-state index in [1.165, 1.54) is 24.3 Å². The van der Waals surface area contributed by atoms with E-state index < -0.39 is 28.1 Å². The van der Waals surface area contributed by atoms with Gasteiger partial charge >= 0.3 is 0 Å². The summed E-state index contributed by atoms with van der Waals surface area (Å²) in [5.41, 5.74) is -1.74. The van der Waals surface area contributed by atoms with Crippen molar-refractivity contribution in [1.29, 1.82) is 0 Å². The van der Waals surface area contributed by atoms with Gasteiger partial charge in [-0.1, -0.05) is 12.1 Å². The lowest BCUT2D eigenvalue weighted by atomic mass is 10.00. The zero-order valence-corrected chi connectivity index (χ0v) is 12.3. The average molecular weight is 324 g/mol. The van der Waals surface area contributed by atoms with E-state index in [0.29, 0.717) is 0 Å². The fourth-order valence-corrected chi connectivity index (χ4v) is 2.35. The second-order valence-electron chi connectivity index (χ2n) is 4.28. The molecule has 2 N–H and O–H groups in total. The van der Waals surface area contributed by atoms with Crippen LogP contribution in [0.2, 0.25) is 0 Å². The maximum atomic E-state index is 12.6. The van der Waals surface area contributed by atoms with Crippen molar-refractivity contribution in [3.05, 3.63) is 29.8 Å². The Bertz CT molecular complexity index is 576. The first kappa shape index (κ1) is 16.9. The number of sulfone groups is 1. The smallest absolute Gasteiger partial charge is 0.237 e. The molecule has 0 aliphatic rings. The van der Waals surface area contributed by atoms with Crippen LogP contribution < -0.4 is 5.32 Å². The van der Waals surface area contributed by atoms with Crippen molar-refractivity contribution < 1.29 is 22.7 Å².